The van der Waals surface area contributed by atoms with E-state index in [9.17, 15) is 13.2 Å². The normalized spacial score (nSPS) is 17.4. The van der Waals surface area contributed by atoms with E-state index in [1.807, 2.05) is 42.5 Å². The number of sulfonamides is 1. The number of hydrogen-bond donors (Lipinski definition) is 0. The van der Waals surface area contributed by atoms with Crippen LogP contribution in [0.25, 0.3) is 0 Å². The summed E-state index contributed by atoms with van der Waals surface area (Å²) in [6.07, 6.45) is 2.33. The van der Waals surface area contributed by atoms with Crippen molar-refractivity contribution in [3.8, 4) is 11.5 Å². The van der Waals surface area contributed by atoms with Crippen molar-refractivity contribution >= 4 is 21.6 Å². The Hall–Kier alpha value is -3.52. The lowest BCUT2D eigenvalue weighted by molar-refractivity contribution is 0.0734. The molecule has 1 unspecified atom stereocenters. The lowest BCUT2D eigenvalue weighted by atomic mass is 10.0. The van der Waals surface area contributed by atoms with Crippen LogP contribution in [-0.4, -0.2) is 46.5 Å². The van der Waals surface area contributed by atoms with Crippen LogP contribution >= 0.6 is 0 Å². The largest absolute Gasteiger partial charge is 0.497 e. The zero-order valence-electron chi connectivity index (χ0n) is 19.8. The lowest BCUT2D eigenvalue weighted by Crippen LogP contribution is -2.32. The van der Waals surface area contributed by atoms with E-state index in [0.717, 1.165) is 24.0 Å². The number of fused-ring (bicyclic) bond motifs is 1. The Morgan fingerprint density at radius 3 is 2.57 bits per heavy atom. The highest BCUT2D eigenvalue weighted by molar-refractivity contribution is 7.92. The molecule has 3 aromatic carbocycles. The summed E-state index contributed by atoms with van der Waals surface area (Å²) in [4.78, 5) is 15.5. The van der Waals surface area contributed by atoms with Gasteiger partial charge >= 0.3 is 0 Å². The second-order valence-electron chi connectivity index (χ2n) is 8.75. The van der Waals surface area contributed by atoms with E-state index in [2.05, 4.69) is 0 Å². The summed E-state index contributed by atoms with van der Waals surface area (Å²) in [6.45, 7) is 0.987. The van der Waals surface area contributed by atoms with Crippen LogP contribution in [0.4, 0.5) is 5.69 Å². The minimum Gasteiger partial charge on any atom is -0.497 e. The highest BCUT2D eigenvalue weighted by Crippen LogP contribution is 2.40. The molecule has 35 heavy (non-hydrogen) atoms. The van der Waals surface area contributed by atoms with Crippen LogP contribution in [-0.2, 0) is 16.4 Å². The summed E-state index contributed by atoms with van der Waals surface area (Å²) < 4.78 is 39.3. The molecule has 0 aromatic heterocycles. The van der Waals surface area contributed by atoms with Crippen LogP contribution in [0.15, 0.2) is 71.6 Å². The van der Waals surface area contributed by atoms with Gasteiger partial charge in [0.15, 0.2) is 0 Å². The van der Waals surface area contributed by atoms with Crippen LogP contribution in [0.5, 0.6) is 11.5 Å². The molecule has 1 fully saturated rings. The number of amides is 1. The number of para-hydroxylation sites is 1. The second kappa shape index (κ2) is 9.26. The third-order valence-corrected chi connectivity index (χ3v) is 8.64. The number of anilines is 1. The number of benzene rings is 3. The van der Waals surface area contributed by atoms with Crippen molar-refractivity contribution in [3.63, 3.8) is 0 Å². The van der Waals surface area contributed by atoms with Crippen LogP contribution in [0.2, 0.25) is 0 Å². The van der Waals surface area contributed by atoms with Crippen molar-refractivity contribution < 1.29 is 22.7 Å². The number of carbonyl (C=O) groups excluding carboxylic acids is 1. The molecule has 0 bridgehead atoms. The number of likely N-dealkylation sites (tertiary alicyclic amines) is 1. The van der Waals surface area contributed by atoms with Crippen molar-refractivity contribution in [2.45, 2.75) is 30.2 Å². The van der Waals surface area contributed by atoms with Crippen LogP contribution < -0.4 is 13.8 Å². The Morgan fingerprint density at radius 1 is 0.943 bits per heavy atom. The van der Waals surface area contributed by atoms with E-state index in [0.29, 0.717) is 42.3 Å². The Balaban J connectivity index is 1.44. The van der Waals surface area contributed by atoms with Gasteiger partial charge in [0.1, 0.15) is 11.5 Å². The molecule has 1 saturated heterocycles. The first-order chi connectivity index (χ1) is 16.9. The van der Waals surface area contributed by atoms with Gasteiger partial charge in [-0.1, -0.05) is 24.3 Å². The van der Waals surface area contributed by atoms with E-state index in [-0.39, 0.29) is 16.8 Å². The highest BCUT2D eigenvalue weighted by atomic mass is 32.2. The number of carbonyl (C=O) groups is 1. The fraction of sp³-hybridized carbons (Fsp3) is 0.296. The Morgan fingerprint density at radius 2 is 1.77 bits per heavy atom. The first-order valence-corrected chi connectivity index (χ1v) is 13.1. The molecule has 3 aromatic rings. The van der Waals surface area contributed by atoms with Crippen molar-refractivity contribution in [3.05, 3.63) is 83.4 Å². The highest BCUT2D eigenvalue weighted by Gasteiger charge is 2.34. The lowest BCUT2D eigenvalue weighted by Gasteiger charge is -2.27. The maximum Gasteiger partial charge on any atom is 0.264 e. The molecule has 0 radical (unpaired) electrons. The second-order valence-corrected chi connectivity index (χ2v) is 10.6. The maximum absolute atomic E-state index is 13.6. The van der Waals surface area contributed by atoms with E-state index in [1.165, 1.54) is 10.4 Å². The van der Waals surface area contributed by atoms with Crippen LogP contribution in [0.1, 0.15) is 40.4 Å². The molecule has 0 spiro atoms. The Labute approximate surface area is 205 Å². The fourth-order valence-corrected chi connectivity index (χ4v) is 6.62. The summed E-state index contributed by atoms with van der Waals surface area (Å²) in [7, 11) is -0.587. The summed E-state index contributed by atoms with van der Waals surface area (Å²) in [5.74, 6) is 1.16. The summed E-state index contributed by atoms with van der Waals surface area (Å²) in [5.41, 5.74) is 2.99. The number of methoxy groups -OCH3 is 2. The quantitative estimate of drug-likeness (QED) is 0.509. The molecule has 7 nitrogen and oxygen atoms in total. The Bertz CT molecular complexity index is 1370. The van der Waals surface area contributed by atoms with Gasteiger partial charge in [0.25, 0.3) is 15.9 Å². The van der Waals surface area contributed by atoms with Crippen molar-refractivity contribution in [2.75, 3.05) is 31.6 Å². The molecular weight excluding hydrogens is 464 g/mol. The first-order valence-electron chi connectivity index (χ1n) is 11.7. The zero-order valence-corrected chi connectivity index (χ0v) is 20.6. The molecule has 1 amide bonds. The molecular formula is C27H28N2O5S. The van der Waals surface area contributed by atoms with Gasteiger partial charge in [0.05, 0.1) is 30.8 Å². The molecule has 0 aliphatic carbocycles. The average molecular weight is 493 g/mol. The van der Waals surface area contributed by atoms with Crippen LogP contribution in [0.3, 0.4) is 0 Å². The molecule has 0 N–H and O–H groups in total. The van der Waals surface area contributed by atoms with Gasteiger partial charge in [-0.2, -0.15) is 0 Å². The van der Waals surface area contributed by atoms with Gasteiger partial charge in [0.2, 0.25) is 0 Å². The molecule has 2 heterocycles. The fourth-order valence-electron chi connectivity index (χ4n) is 5.07. The number of nitrogens with zero attached hydrogens (tertiary/aromatic N) is 2. The smallest absolute Gasteiger partial charge is 0.264 e. The van der Waals surface area contributed by atoms with Crippen molar-refractivity contribution in [1.82, 2.24) is 4.90 Å². The van der Waals surface area contributed by atoms with Crippen molar-refractivity contribution in [1.29, 1.82) is 0 Å². The SMILES string of the molecule is COc1ccc(C2CCCN2C(=O)c2cccc(S(=O)(=O)N3CCc4ccccc43)c2)c(OC)c1. The van der Waals surface area contributed by atoms with E-state index in [4.69, 9.17) is 9.47 Å². The molecule has 2 aliphatic heterocycles. The molecule has 182 valence electrons. The molecule has 5 rings (SSSR count). The summed E-state index contributed by atoms with van der Waals surface area (Å²) in [6, 6.07) is 19.4. The van der Waals surface area contributed by atoms with E-state index >= 15 is 0 Å². The molecule has 2 aliphatic rings. The summed E-state index contributed by atoms with van der Waals surface area (Å²) in [5, 5.41) is 0. The molecule has 0 saturated carbocycles. The average Bonchev–Trinajstić information content (AvgIpc) is 3.56. The Kier molecular flexibility index (Phi) is 6.15. The maximum atomic E-state index is 13.6. The van der Waals surface area contributed by atoms with E-state index in [1.54, 1.807) is 37.3 Å². The number of hydrogen-bond acceptors (Lipinski definition) is 5. The predicted octanol–water partition coefficient (Wildman–Crippen LogP) is 4.43. The molecule has 1 atom stereocenters. The third-order valence-electron chi connectivity index (χ3n) is 6.83. The van der Waals surface area contributed by atoms with Gasteiger partial charge in [0, 0.05) is 30.3 Å². The van der Waals surface area contributed by atoms with Gasteiger partial charge in [-0.15, -0.1) is 0 Å². The minimum atomic E-state index is -3.79. The van der Waals surface area contributed by atoms with Crippen LogP contribution in [0, 0.1) is 0 Å². The van der Waals surface area contributed by atoms with Gasteiger partial charge in [-0.3, -0.25) is 9.10 Å². The van der Waals surface area contributed by atoms with E-state index < -0.39 is 10.0 Å². The van der Waals surface area contributed by atoms with Gasteiger partial charge < -0.3 is 14.4 Å². The number of ether oxygens (including phenoxy) is 2. The zero-order chi connectivity index (χ0) is 24.6. The van der Waals surface area contributed by atoms with Crippen molar-refractivity contribution in [2.24, 2.45) is 0 Å². The standard InChI is InChI=1S/C27H28N2O5S/c1-33-21-12-13-23(26(18-21)34-2)25-11-6-15-28(25)27(30)20-8-5-9-22(17-20)35(31,32)29-16-14-19-7-3-4-10-24(19)29/h3-5,7-10,12-13,17-18,25H,6,11,14-16H2,1-2H3. The topological polar surface area (TPSA) is 76.2 Å². The predicted molar refractivity (Wildman–Crippen MR) is 134 cm³/mol. The van der Waals surface area contributed by atoms with Gasteiger partial charge in [-0.25, -0.2) is 8.42 Å². The van der Waals surface area contributed by atoms with Gasteiger partial charge in [-0.05, 0) is 61.2 Å². The minimum absolute atomic E-state index is 0.123. The third kappa shape index (κ3) is 4.12. The monoisotopic (exact) mass is 492 g/mol. The number of rotatable bonds is 6. The first kappa shape index (κ1) is 23.2. The summed E-state index contributed by atoms with van der Waals surface area (Å²) >= 11 is 0. The molecule has 8 heteroatoms.